The van der Waals surface area contributed by atoms with Crippen molar-refractivity contribution in [1.29, 1.82) is 0 Å². The van der Waals surface area contributed by atoms with Crippen molar-refractivity contribution in [2.75, 3.05) is 0 Å². The molecule has 2 rings (SSSR count). The van der Waals surface area contributed by atoms with Gasteiger partial charge in [-0.25, -0.2) is 0 Å². The minimum absolute atomic E-state index is 0.822. The molecule has 66 valence electrons. The number of aromatic nitrogens is 1. The summed E-state index contributed by atoms with van der Waals surface area (Å²) < 4.78 is 0. The summed E-state index contributed by atoms with van der Waals surface area (Å²) in [6, 6.07) is 7.93. The number of fused-ring (bicyclic) bond motifs is 1. The Morgan fingerprint density at radius 1 is 1.15 bits per heavy atom. The third-order valence-electron chi connectivity index (χ3n) is 2.30. The fourth-order valence-electron chi connectivity index (χ4n) is 1.38. The molecule has 0 N–H and O–H groups in total. The van der Waals surface area contributed by atoms with Crippen LogP contribution >= 0.6 is 11.6 Å². The Morgan fingerprint density at radius 3 is 2.62 bits per heavy atom. The lowest BCUT2D eigenvalue weighted by Crippen LogP contribution is -1.89. The molecule has 0 fully saturated rings. The van der Waals surface area contributed by atoms with Crippen molar-refractivity contribution >= 4 is 22.5 Å². The minimum atomic E-state index is 0.822. The van der Waals surface area contributed by atoms with Crippen molar-refractivity contribution < 1.29 is 0 Å². The summed E-state index contributed by atoms with van der Waals surface area (Å²) in [5, 5.41) is 1.86. The quantitative estimate of drug-likeness (QED) is 0.621. The lowest BCUT2D eigenvalue weighted by Gasteiger charge is -2.05. The van der Waals surface area contributed by atoms with Crippen LogP contribution in [0, 0.1) is 13.8 Å². The maximum atomic E-state index is 6.19. The zero-order chi connectivity index (χ0) is 9.42. The lowest BCUT2D eigenvalue weighted by atomic mass is 10.1. The highest BCUT2D eigenvalue weighted by molar-refractivity contribution is 6.36. The first-order valence-electron chi connectivity index (χ1n) is 4.21. The third kappa shape index (κ3) is 1.29. The van der Waals surface area contributed by atoms with Gasteiger partial charge < -0.3 is 0 Å². The summed E-state index contributed by atoms with van der Waals surface area (Å²) in [5.74, 6) is 0. The Labute approximate surface area is 82.4 Å². The number of nitrogens with zero attached hydrogens (tertiary/aromatic N) is 1. The van der Waals surface area contributed by atoms with Crippen molar-refractivity contribution in [3.63, 3.8) is 0 Å². The van der Waals surface area contributed by atoms with Gasteiger partial charge in [0.1, 0.15) is 0 Å². The van der Waals surface area contributed by atoms with Gasteiger partial charge in [0.15, 0.2) is 0 Å². The molecule has 0 amide bonds. The van der Waals surface area contributed by atoms with Crippen molar-refractivity contribution in [1.82, 2.24) is 4.98 Å². The van der Waals surface area contributed by atoms with Gasteiger partial charge in [-0.3, -0.25) is 4.98 Å². The summed E-state index contributed by atoms with van der Waals surface area (Å²) in [7, 11) is 0. The predicted octanol–water partition coefficient (Wildman–Crippen LogP) is 3.51. The summed E-state index contributed by atoms with van der Waals surface area (Å²) >= 11 is 6.19. The molecule has 13 heavy (non-hydrogen) atoms. The molecule has 0 aliphatic rings. The molecule has 1 nitrogen and oxygen atoms in total. The number of hydrogen-bond donors (Lipinski definition) is 0. The van der Waals surface area contributed by atoms with E-state index in [9.17, 15) is 0 Å². The van der Waals surface area contributed by atoms with Gasteiger partial charge in [-0.1, -0.05) is 29.8 Å². The highest BCUT2D eigenvalue weighted by Crippen LogP contribution is 2.26. The fourth-order valence-corrected chi connectivity index (χ4v) is 1.68. The molecule has 1 heterocycles. The van der Waals surface area contributed by atoms with Gasteiger partial charge >= 0.3 is 0 Å². The summed E-state index contributed by atoms with van der Waals surface area (Å²) in [5.41, 5.74) is 3.04. The second-order valence-electron chi connectivity index (χ2n) is 3.15. The molecule has 2 heteroatoms. The molecule has 0 spiro atoms. The van der Waals surface area contributed by atoms with Gasteiger partial charge in [-0.15, -0.1) is 0 Å². The summed E-state index contributed by atoms with van der Waals surface area (Å²) in [4.78, 5) is 4.45. The van der Waals surface area contributed by atoms with Crippen LogP contribution in [0.15, 0.2) is 24.3 Å². The Hall–Kier alpha value is -1.08. The van der Waals surface area contributed by atoms with Crippen LogP contribution in [0.3, 0.4) is 0 Å². The third-order valence-corrected chi connectivity index (χ3v) is 2.79. The van der Waals surface area contributed by atoms with E-state index in [-0.39, 0.29) is 0 Å². The van der Waals surface area contributed by atoms with E-state index in [2.05, 4.69) is 4.98 Å². The molecule has 0 atom stereocenters. The van der Waals surface area contributed by atoms with E-state index in [1.807, 2.05) is 38.1 Å². The summed E-state index contributed by atoms with van der Waals surface area (Å²) in [6.45, 7) is 3.98. The van der Waals surface area contributed by atoms with Gasteiger partial charge in [-0.05, 0) is 25.5 Å². The fraction of sp³-hybridized carbons (Fsp3) is 0.182. The first-order chi connectivity index (χ1) is 6.20. The molecule has 0 bridgehead atoms. The number of para-hydroxylation sites is 1. The zero-order valence-electron chi connectivity index (χ0n) is 7.63. The van der Waals surface area contributed by atoms with E-state index in [1.54, 1.807) is 0 Å². The van der Waals surface area contributed by atoms with E-state index in [0.717, 1.165) is 27.2 Å². The van der Waals surface area contributed by atoms with Crippen molar-refractivity contribution in [3.8, 4) is 0 Å². The Bertz CT molecular complexity index is 463. The van der Waals surface area contributed by atoms with Gasteiger partial charge in [0.05, 0.1) is 10.5 Å². The van der Waals surface area contributed by atoms with Gasteiger partial charge in [0.25, 0.3) is 0 Å². The van der Waals surface area contributed by atoms with E-state index < -0.39 is 0 Å². The first kappa shape index (κ1) is 8.52. The molecule has 0 aliphatic heterocycles. The van der Waals surface area contributed by atoms with Gasteiger partial charge in [-0.2, -0.15) is 0 Å². The summed E-state index contributed by atoms with van der Waals surface area (Å²) in [6.07, 6.45) is 0. The van der Waals surface area contributed by atoms with Gasteiger partial charge in [0, 0.05) is 11.1 Å². The molecular formula is C11H10ClN. The average Bonchev–Trinajstić information content (AvgIpc) is 2.15. The highest BCUT2D eigenvalue weighted by atomic mass is 35.5. The van der Waals surface area contributed by atoms with Crippen molar-refractivity contribution in [3.05, 3.63) is 40.5 Å². The van der Waals surface area contributed by atoms with Crippen LogP contribution in [0.25, 0.3) is 10.9 Å². The van der Waals surface area contributed by atoms with E-state index in [4.69, 9.17) is 11.6 Å². The minimum Gasteiger partial charge on any atom is -0.253 e. The lowest BCUT2D eigenvalue weighted by molar-refractivity contribution is 1.20. The second-order valence-corrected chi connectivity index (χ2v) is 3.53. The highest BCUT2D eigenvalue weighted by Gasteiger charge is 2.05. The second kappa shape index (κ2) is 3.00. The molecule has 2 aromatic rings. The van der Waals surface area contributed by atoms with Crippen LogP contribution in [-0.4, -0.2) is 4.98 Å². The zero-order valence-corrected chi connectivity index (χ0v) is 8.39. The molecular weight excluding hydrogens is 182 g/mol. The van der Waals surface area contributed by atoms with Crippen LogP contribution in [0.1, 0.15) is 11.3 Å². The molecule has 1 aromatic carbocycles. The van der Waals surface area contributed by atoms with Gasteiger partial charge in [0.2, 0.25) is 0 Å². The smallest absolute Gasteiger partial charge is 0.0720 e. The Balaban J connectivity index is 2.94. The number of halogens is 1. The monoisotopic (exact) mass is 191 g/mol. The molecule has 0 aliphatic carbocycles. The van der Waals surface area contributed by atoms with Crippen LogP contribution in [-0.2, 0) is 0 Å². The Kier molecular flexibility index (Phi) is 1.97. The van der Waals surface area contributed by atoms with Crippen molar-refractivity contribution in [2.24, 2.45) is 0 Å². The number of benzene rings is 1. The van der Waals surface area contributed by atoms with Crippen LogP contribution < -0.4 is 0 Å². The number of rotatable bonds is 0. The van der Waals surface area contributed by atoms with E-state index in [1.165, 1.54) is 0 Å². The normalized spacial score (nSPS) is 10.7. The van der Waals surface area contributed by atoms with E-state index >= 15 is 0 Å². The van der Waals surface area contributed by atoms with Crippen LogP contribution in [0.5, 0.6) is 0 Å². The topological polar surface area (TPSA) is 12.9 Å². The maximum absolute atomic E-state index is 6.19. The van der Waals surface area contributed by atoms with Crippen LogP contribution in [0.2, 0.25) is 5.02 Å². The molecule has 0 radical (unpaired) electrons. The molecule has 0 saturated carbocycles. The number of hydrogen-bond acceptors (Lipinski definition) is 1. The largest absolute Gasteiger partial charge is 0.253 e. The average molecular weight is 192 g/mol. The number of aryl methyl sites for hydroxylation is 1. The van der Waals surface area contributed by atoms with Crippen LogP contribution in [0.4, 0.5) is 0 Å². The predicted molar refractivity (Wildman–Crippen MR) is 56.2 cm³/mol. The van der Waals surface area contributed by atoms with Crippen molar-refractivity contribution in [2.45, 2.75) is 13.8 Å². The molecule has 0 saturated heterocycles. The Morgan fingerprint density at radius 2 is 1.85 bits per heavy atom. The first-order valence-corrected chi connectivity index (χ1v) is 4.59. The van der Waals surface area contributed by atoms with E-state index in [0.29, 0.717) is 0 Å². The molecule has 0 unspecified atom stereocenters. The molecule has 1 aromatic heterocycles. The maximum Gasteiger partial charge on any atom is 0.0720 e. The number of pyridine rings is 1. The standard InChI is InChI=1S/C11H10ClN/c1-7-8(2)13-10-6-4-3-5-9(10)11(7)12/h3-6H,1-2H3. The SMILES string of the molecule is Cc1nc2ccccc2c(Cl)c1C.